The first-order chi connectivity index (χ1) is 7.65. The lowest BCUT2D eigenvalue weighted by molar-refractivity contribution is -0.138. The third-order valence-corrected chi connectivity index (χ3v) is 2.02. The molecular weight excluding hydrogens is 261 g/mol. The Bertz CT molecular complexity index is 575. The summed E-state index contributed by atoms with van der Waals surface area (Å²) in [6, 6.07) is 1.86. The number of nitriles is 1. The van der Waals surface area contributed by atoms with Gasteiger partial charge in [0.15, 0.2) is 11.4 Å². The number of halogens is 3. The first kappa shape index (κ1) is 13.2. The predicted molar refractivity (Wildman–Crippen MR) is 49.4 cm³/mol. The van der Waals surface area contributed by atoms with Crippen LogP contribution in [-0.4, -0.2) is 19.7 Å². The maximum absolute atomic E-state index is 12.5. The number of rotatable bonds is 2. The van der Waals surface area contributed by atoms with Gasteiger partial charge in [-0.25, -0.2) is 4.98 Å². The Kier molecular flexibility index (Phi) is 3.28. The van der Waals surface area contributed by atoms with E-state index in [1.54, 1.807) is 0 Å². The van der Waals surface area contributed by atoms with Crippen LogP contribution in [-0.2, 0) is 16.3 Å². The molecule has 0 amide bonds. The standard InChI is InChI=1S/C8H5F3N2O3S/c1-17(14,15)16-7-5(8(9,10)11)2-3-13-6(7)4-12/h2-3H,1H3. The lowest BCUT2D eigenvalue weighted by atomic mass is 10.2. The van der Waals surface area contributed by atoms with E-state index in [-0.39, 0.29) is 0 Å². The van der Waals surface area contributed by atoms with Crippen LogP contribution in [0, 0.1) is 11.3 Å². The van der Waals surface area contributed by atoms with Gasteiger partial charge in [-0.2, -0.15) is 26.9 Å². The zero-order valence-electron chi connectivity index (χ0n) is 8.32. The molecule has 0 aliphatic rings. The molecule has 0 unspecified atom stereocenters. The summed E-state index contributed by atoms with van der Waals surface area (Å²) in [5, 5.41) is 8.55. The minimum Gasteiger partial charge on any atom is -0.379 e. The van der Waals surface area contributed by atoms with E-state index in [0.29, 0.717) is 12.3 Å². The van der Waals surface area contributed by atoms with Crippen molar-refractivity contribution >= 4 is 10.1 Å². The Morgan fingerprint density at radius 3 is 2.47 bits per heavy atom. The maximum atomic E-state index is 12.5. The molecule has 0 aliphatic carbocycles. The van der Waals surface area contributed by atoms with E-state index < -0.39 is 33.3 Å². The summed E-state index contributed by atoms with van der Waals surface area (Å²) in [4.78, 5) is 3.30. The van der Waals surface area contributed by atoms with E-state index >= 15 is 0 Å². The summed E-state index contributed by atoms with van der Waals surface area (Å²) in [5.41, 5.74) is -2.11. The minimum absolute atomic E-state index is 0.529. The van der Waals surface area contributed by atoms with Gasteiger partial charge in [-0.15, -0.1) is 0 Å². The smallest absolute Gasteiger partial charge is 0.379 e. The molecule has 0 aromatic carbocycles. The van der Waals surface area contributed by atoms with Crippen LogP contribution in [0.4, 0.5) is 13.2 Å². The van der Waals surface area contributed by atoms with Gasteiger partial charge in [0.2, 0.25) is 0 Å². The van der Waals surface area contributed by atoms with Gasteiger partial charge in [0.25, 0.3) is 0 Å². The molecule has 0 fully saturated rings. The Morgan fingerprint density at radius 2 is 2.06 bits per heavy atom. The molecule has 0 bridgehead atoms. The fourth-order valence-corrected chi connectivity index (χ4v) is 1.46. The van der Waals surface area contributed by atoms with Gasteiger partial charge in [0, 0.05) is 6.20 Å². The van der Waals surface area contributed by atoms with Crippen LogP contribution in [0.15, 0.2) is 12.3 Å². The topological polar surface area (TPSA) is 80.1 Å². The van der Waals surface area contributed by atoms with Crippen molar-refractivity contribution in [3.8, 4) is 11.8 Å². The average molecular weight is 266 g/mol. The predicted octanol–water partition coefficient (Wildman–Crippen LogP) is 1.31. The highest BCUT2D eigenvalue weighted by Gasteiger charge is 2.37. The van der Waals surface area contributed by atoms with Crippen LogP contribution in [0.2, 0.25) is 0 Å². The van der Waals surface area contributed by atoms with Crippen molar-refractivity contribution in [2.75, 3.05) is 6.26 Å². The van der Waals surface area contributed by atoms with Gasteiger partial charge in [0.1, 0.15) is 11.6 Å². The monoisotopic (exact) mass is 266 g/mol. The molecule has 92 valence electrons. The van der Waals surface area contributed by atoms with Crippen molar-refractivity contribution in [2.45, 2.75) is 6.18 Å². The molecule has 17 heavy (non-hydrogen) atoms. The highest BCUT2D eigenvalue weighted by molar-refractivity contribution is 7.86. The lowest BCUT2D eigenvalue weighted by Crippen LogP contribution is -2.14. The average Bonchev–Trinajstić information content (AvgIpc) is 2.13. The lowest BCUT2D eigenvalue weighted by Gasteiger charge is -2.12. The van der Waals surface area contributed by atoms with Gasteiger partial charge < -0.3 is 4.18 Å². The van der Waals surface area contributed by atoms with Crippen molar-refractivity contribution in [1.29, 1.82) is 5.26 Å². The number of aromatic nitrogens is 1. The second kappa shape index (κ2) is 4.21. The van der Waals surface area contributed by atoms with Crippen molar-refractivity contribution in [2.24, 2.45) is 0 Å². The Balaban J connectivity index is 3.48. The van der Waals surface area contributed by atoms with Crippen molar-refractivity contribution in [1.82, 2.24) is 4.98 Å². The number of pyridine rings is 1. The molecular formula is C8H5F3N2O3S. The summed E-state index contributed by atoms with van der Waals surface area (Å²) in [5.74, 6) is -1.11. The fraction of sp³-hybridized carbons (Fsp3) is 0.250. The van der Waals surface area contributed by atoms with Crippen LogP contribution < -0.4 is 4.18 Å². The SMILES string of the molecule is CS(=O)(=O)Oc1c(C(F)(F)F)ccnc1C#N. The van der Waals surface area contributed by atoms with E-state index in [9.17, 15) is 21.6 Å². The van der Waals surface area contributed by atoms with Gasteiger partial charge in [-0.05, 0) is 6.07 Å². The molecule has 1 rings (SSSR count). The highest BCUT2D eigenvalue weighted by Crippen LogP contribution is 2.37. The maximum Gasteiger partial charge on any atom is 0.420 e. The van der Waals surface area contributed by atoms with E-state index in [1.807, 2.05) is 0 Å². The van der Waals surface area contributed by atoms with E-state index in [2.05, 4.69) is 9.17 Å². The molecule has 1 heterocycles. The molecule has 0 N–H and O–H groups in total. The Morgan fingerprint density at radius 1 is 1.47 bits per heavy atom. The summed E-state index contributed by atoms with van der Waals surface area (Å²) in [6.45, 7) is 0. The molecule has 1 aromatic heterocycles. The number of hydrogen-bond acceptors (Lipinski definition) is 5. The summed E-state index contributed by atoms with van der Waals surface area (Å²) in [7, 11) is -4.18. The Hall–Kier alpha value is -1.82. The van der Waals surface area contributed by atoms with Crippen LogP contribution in [0.3, 0.4) is 0 Å². The first-order valence-corrected chi connectivity index (χ1v) is 5.82. The fourth-order valence-electron chi connectivity index (χ4n) is 0.987. The molecule has 0 aliphatic heterocycles. The molecule has 9 heteroatoms. The summed E-state index contributed by atoms with van der Waals surface area (Å²) < 4.78 is 63.4. The van der Waals surface area contributed by atoms with Crippen LogP contribution in [0.25, 0.3) is 0 Å². The van der Waals surface area contributed by atoms with Crippen molar-refractivity contribution in [3.05, 3.63) is 23.5 Å². The molecule has 0 spiro atoms. The van der Waals surface area contributed by atoms with Crippen LogP contribution in [0.1, 0.15) is 11.3 Å². The molecule has 0 saturated carbocycles. The molecule has 5 nitrogen and oxygen atoms in total. The molecule has 0 atom stereocenters. The third-order valence-electron chi connectivity index (χ3n) is 1.55. The zero-order chi connectivity index (χ0) is 13.3. The quantitative estimate of drug-likeness (QED) is 0.754. The second-order valence-corrected chi connectivity index (χ2v) is 4.51. The molecule has 0 saturated heterocycles. The normalized spacial score (nSPS) is 11.9. The van der Waals surface area contributed by atoms with E-state index in [4.69, 9.17) is 5.26 Å². The van der Waals surface area contributed by atoms with E-state index in [0.717, 1.165) is 6.20 Å². The van der Waals surface area contributed by atoms with Gasteiger partial charge in [0.05, 0.1) is 6.26 Å². The van der Waals surface area contributed by atoms with Gasteiger partial charge in [-0.3, -0.25) is 0 Å². The number of alkyl halides is 3. The largest absolute Gasteiger partial charge is 0.420 e. The van der Waals surface area contributed by atoms with Crippen molar-refractivity contribution in [3.63, 3.8) is 0 Å². The number of nitrogens with zero attached hydrogens (tertiary/aromatic N) is 2. The van der Waals surface area contributed by atoms with Crippen molar-refractivity contribution < 1.29 is 25.8 Å². The van der Waals surface area contributed by atoms with E-state index in [1.165, 1.54) is 6.07 Å². The summed E-state index contributed by atoms with van der Waals surface area (Å²) in [6.07, 6.45) is -3.52. The highest BCUT2D eigenvalue weighted by atomic mass is 32.2. The van der Waals surface area contributed by atoms with Gasteiger partial charge >= 0.3 is 16.3 Å². The van der Waals surface area contributed by atoms with Crippen LogP contribution in [0.5, 0.6) is 5.75 Å². The molecule has 0 radical (unpaired) electrons. The third kappa shape index (κ3) is 3.32. The minimum atomic E-state index is -4.84. The first-order valence-electron chi connectivity index (χ1n) is 4.01. The second-order valence-electron chi connectivity index (χ2n) is 2.93. The Labute approximate surface area is 94.6 Å². The molecule has 1 aromatic rings. The number of hydrogen-bond donors (Lipinski definition) is 0. The van der Waals surface area contributed by atoms with Crippen LogP contribution >= 0.6 is 0 Å². The van der Waals surface area contributed by atoms with Gasteiger partial charge in [-0.1, -0.05) is 0 Å². The zero-order valence-corrected chi connectivity index (χ0v) is 9.13. The summed E-state index contributed by atoms with van der Waals surface area (Å²) >= 11 is 0.